The quantitative estimate of drug-likeness (QED) is 0.368. The lowest BCUT2D eigenvalue weighted by atomic mass is 10.1. The number of hydrogen-bond acceptors (Lipinski definition) is 4. The predicted octanol–water partition coefficient (Wildman–Crippen LogP) is 2.59. The lowest BCUT2D eigenvalue weighted by Crippen LogP contribution is -2.45. The first-order valence-electron chi connectivity index (χ1n) is 8.16. The van der Waals surface area contributed by atoms with Crippen LogP contribution in [0.25, 0.3) is 5.69 Å². The van der Waals surface area contributed by atoms with Gasteiger partial charge in [-0.05, 0) is 44.2 Å². The lowest BCUT2D eigenvalue weighted by Gasteiger charge is -2.24. The van der Waals surface area contributed by atoms with Crippen LogP contribution in [-0.4, -0.2) is 49.2 Å². The van der Waals surface area contributed by atoms with Crippen LogP contribution in [0.15, 0.2) is 41.5 Å². The maximum absolute atomic E-state index is 5.39. The van der Waals surface area contributed by atoms with Crippen molar-refractivity contribution >= 4 is 29.9 Å². The third kappa shape index (κ3) is 6.49. The second-order valence-corrected chi connectivity index (χ2v) is 6.19. The van der Waals surface area contributed by atoms with E-state index >= 15 is 0 Å². The van der Waals surface area contributed by atoms with Crippen LogP contribution < -0.4 is 15.4 Å². The molecular formula is C18H28IN5O2. The molecule has 2 rings (SSSR count). The van der Waals surface area contributed by atoms with E-state index in [9.17, 15) is 0 Å². The summed E-state index contributed by atoms with van der Waals surface area (Å²) in [6.45, 7) is 5.27. The van der Waals surface area contributed by atoms with Gasteiger partial charge in [-0.1, -0.05) is 0 Å². The Morgan fingerprint density at radius 3 is 2.42 bits per heavy atom. The van der Waals surface area contributed by atoms with Crippen LogP contribution in [0.1, 0.15) is 19.5 Å². The number of nitrogens with zero attached hydrogens (tertiary/aromatic N) is 3. The van der Waals surface area contributed by atoms with E-state index in [1.807, 2.05) is 55.1 Å². The highest BCUT2D eigenvalue weighted by Crippen LogP contribution is 2.14. The maximum atomic E-state index is 5.39. The molecule has 0 amide bonds. The molecule has 2 aromatic rings. The van der Waals surface area contributed by atoms with Gasteiger partial charge in [-0.2, -0.15) is 5.10 Å². The number of nitrogens with one attached hydrogen (secondary N) is 2. The van der Waals surface area contributed by atoms with Crippen molar-refractivity contribution < 1.29 is 9.47 Å². The Morgan fingerprint density at radius 1 is 1.15 bits per heavy atom. The molecule has 0 aliphatic rings. The molecular weight excluding hydrogens is 445 g/mol. The molecule has 1 aromatic heterocycles. The third-order valence-corrected chi connectivity index (χ3v) is 3.88. The molecule has 0 bridgehead atoms. The number of aromatic nitrogens is 2. The van der Waals surface area contributed by atoms with Gasteiger partial charge in [-0.3, -0.25) is 4.99 Å². The van der Waals surface area contributed by atoms with Crippen molar-refractivity contribution in [3.05, 3.63) is 42.2 Å². The highest BCUT2D eigenvalue weighted by Gasteiger charge is 2.16. The van der Waals surface area contributed by atoms with E-state index in [1.54, 1.807) is 21.3 Å². The van der Waals surface area contributed by atoms with E-state index in [2.05, 4.69) is 20.7 Å². The minimum atomic E-state index is -0.256. The Labute approximate surface area is 172 Å². The minimum Gasteiger partial charge on any atom is -0.497 e. The fraction of sp³-hybridized carbons (Fsp3) is 0.444. The van der Waals surface area contributed by atoms with Gasteiger partial charge in [0, 0.05) is 26.9 Å². The van der Waals surface area contributed by atoms with Crippen LogP contribution in [0.5, 0.6) is 5.75 Å². The van der Waals surface area contributed by atoms with Gasteiger partial charge in [0.2, 0.25) is 0 Å². The van der Waals surface area contributed by atoms with Gasteiger partial charge in [-0.25, -0.2) is 4.68 Å². The second-order valence-electron chi connectivity index (χ2n) is 6.19. The summed E-state index contributed by atoms with van der Waals surface area (Å²) >= 11 is 0. The first kappa shape index (κ1) is 22.2. The van der Waals surface area contributed by atoms with Gasteiger partial charge >= 0.3 is 0 Å². The SMILES string of the molecule is CN=C(NCc1ccn(-c2ccc(OC)cc2)n1)NCC(C)(C)OC.I. The number of aliphatic imine (C=N–C) groups is 1. The van der Waals surface area contributed by atoms with E-state index in [-0.39, 0.29) is 29.6 Å². The zero-order valence-electron chi connectivity index (χ0n) is 15.9. The van der Waals surface area contributed by atoms with Gasteiger partial charge in [0.25, 0.3) is 0 Å². The fourth-order valence-electron chi connectivity index (χ4n) is 2.10. The molecule has 0 fully saturated rings. The Balaban J connectivity index is 0.00000338. The van der Waals surface area contributed by atoms with Crippen LogP contribution in [0.4, 0.5) is 0 Å². The van der Waals surface area contributed by atoms with E-state index < -0.39 is 0 Å². The molecule has 0 radical (unpaired) electrons. The molecule has 26 heavy (non-hydrogen) atoms. The van der Waals surface area contributed by atoms with E-state index in [0.29, 0.717) is 19.0 Å². The molecule has 0 saturated heterocycles. The number of guanidine groups is 1. The summed E-state index contributed by atoms with van der Waals surface area (Å²) in [4.78, 5) is 4.21. The summed E-state index contributed by atoms with van der Waals surface area (Å²) in [5.41, 5.74) is 1.65. The average molecular weight is 473 g/mol. The van der Waals surface area contributed by atoms with Crippen molar-refractivity contribution in [3.8, 4) is 11.4 Å². The van der Waals surface area contributed by atoms with Gasteiger partial charge in [0.1, 0.15) is 5.75 Å². The van der Waals surface area contributed by atoms with Crippen molar-refractivity contribution in [1.82, 2.24) is 20.4 Å². The van der Waals surface area contributed by atoms with Crippen LogP contribution in [0, 0.1) is 0 Å². The summed E-state index contributed by atoms with van der Waals surface area (Å²) in [7, 11) is 5.09. The summed E-state index contributed by atoms with van der Waals surface area (Å²) in [6.07, 6.45) is 1.93. The van der Waals surface area contributed by atoms with Crippen LogP contribution in [0.3, 0.4) is 0 Å². The van der Waals surface area contributed by atoms with E-state index in [0.717, 1.165) is 17.1 Å². The van der Waals surface area contributed by atoms with Gasteiger partial charge in [-0.15, -0.1) is 24.0 Å². The van der Waals surface area contributed by atoms with E-state index in [1.165, 1.54) is 0 Å². The number of halogens is 1. The monoisotopic (exact) mass is 473 g/mol. The Kier molecular flexibility index (Phi) is 8.86. The number of methoxy groups -OCH3 is 2. The second kappa shape index (κ2) is 10.4. The first-order valence-corrected chi connectivity index (χ1v) is 8.16. The topological polar surface area (TPSA) is 72.7 Å². The summed E-state index contributed by atoms with van der Waals surface area (Å²) in [6, 6.07) is 9.74. The van der Waals surface area contributed by atoms with Crippen molar-refractivity contribution in [2.24, 2.45) is 4.99 Å². The highest BCUT2D eigenvalue weighted by molar-refractivity contribution is 14.0. The molecule has 0 aliphatic heterocycles. The van der Waals surface area contributed by atoms with Gasteiger partial charge in [0.05, 0.1) is 30.6 Å². The zero-order chi connectivity index (χ0) is 18.3. The van der Waals surface area contributed by atoms with E-state index in [4.69, 9.17) is 9.47 Å². The van der Waals surface area contributed by atoms with Crippen molar-refractivity contribution in [2.45, 2.75) is 26.0 Å². The van der Waals surface area contributed by atoms with Crippen LogP contribution >= 0.6 is 24.0 Å². The summed E-state index contributed by atoms with van der Waals surface area (Å²) in [5.74, 6) is 1.54. The fourth-order valence-corrected chi connectivity index (χ4v) is 2.10. The van der Waals surface area contributed by atoms with Crippen molar-refractivity contribution in [2.75, 3.05) is 27.8 Å². The molecule has 0 aliphatic carbocycles. The molecule has 8 heteroatoms. The largest absolute Gasteiger partial charge is 0.497 e. The minimum absolute atomic E-state index is 0. The van der Waals surface area contributed by atoms with Crippen molar-refractivity contribution in [1.29, 1.82) is 0 Å². The van der Waals surface area contributed by atoms with Gasteiger partial charge < -0.3 is 20.1 Å². The smallest absolute Gasteiger partial charge is 0.191 e. The number of benzene rings is 1. The molecule has 0 unspecified atom stereocenters. The maximum Gasteiger partial charge on any atom is 0.191 e. The van der Waals surface area contributed by atoms with Crippen molar-refractivity contribution in [3.63, 3.8) is 0 Å². The highest BCUT2D eigenvalue weighted by atomic mass is 127. The molecule has 0 spiro atoms. The number of rotatable bonds is 7. The number of hydrogen-bond donors (Lipinski definition) is 2. The van der Waals surface area contributed by atoms with Crippen LogP contribution in [-0.2, 0) is 11.3 Å². The van der Waals surface area contributed by atoms with Gasteiger partial charge in [0.15, 0.2) is 5.96 Å². The molecule has 1 aromatic carbocycles. The molecule has 0 atom stereocenters. The standard InChI is InChI=1S/C18H27N5O2.HI/c1-18(2,25-5)13-21-17(19-3)20-12-14-10-11-23(22-14)15-6-8-16(24-4)9-7-15;/h6-11H,12-13H2,1-5H3,(H2,19,20,21);1H. The Morgan fingerprint density at radius 2 is 1.85 bits per heavy atom. The lowest BCUT2D eigenvalue weighted by molar-refractivity contribution is 0.0268. The molecule has 144 valence electrons. The molecule has 1 heterocycles. The summed E-state index contributed by atoms with van der Waals surface area (Å²) in [5, 5.41) is 11.1. The predicted molar refractivity (Wildman–Crippen MR) is 115 cm³/mol. The molecule has 0 saturated carbocycles. The normalized spacial score (nSPS) is 11.7. The first-order chi connectivity index (χ1) is 12.0. The molecule has 2 N–H and O–H groups in total. The zero-order valence-corrected chi connectivity index (χ0v) is 18.3. The number of ether oxygens (including phenoxy) is 2. The Hall–Kier alpha value is -1.81. The van der Waals surface area contributed by atoms with Crippen LogP contribution in [0.2, 0.25) is 0 Å². The summed E-state index contributed by atoms with van der Waals surface area (Å²) < 4.78 is 12.4. The Bertz CT molecular complexity index is 698. The molecule has 7 nitrogen and oxygen atoms in total. The third-order valence-electron chi connectivity index (χ3n) is 3.88. The average Bonchev–Trinajstić information content (AvgIpc) is 3.11.